The molecule has 2 aliphatic heterocycles. The van der Waals surface area contributed by atoms with Crippen LogP contribution in [0.1, 0.15) is 38.5 Å². The van der Waals surface area contributed by atoms with Crippen LogP contribution in [0, 0.1) is 5.92 Å². The number of hydrogen-bond donors (Lipinski definition) is 0. The topological polar surface area (TPSA) is 43.9 Å². The Morgan fingerprint density at radius 2 is 1.48 bits per heavy atom. The lowest BCUT2D eigenvalue weighted by Gasteiger charge is -2.34. The van der Waals surface area contributed by atoms with Gasteiger partial charge < -0.3 is 9.80 Å². The van der Waals surface area contributed by atoms with Crippen molar-refractivity contribution in [3.63, 3.8) is 0 Å². The SMILES string of the molecule is C=CCN(CC=C)C(=O)CN1CCC(C(=O)N2CCCCCC2)CC1. The van der Waals surface area contributed by atoms with Crippen LogP contribution in [0.25, 0.3) is 0 Å². The minimum Gasteiger partial charge on any atom is -0.342 e. The summed E-state index contributed by atoms with van der Waals surface area (Å²) in [5.41, 5.74) is 0. The maximum atomic E-state index is 12.7. The fourth-order valence-electron chi connectivity index (χ4n) is 3.77. The van der Waals surface area contributed by atoms with E-state index in [1.165, 1.54) is 12.8 Å². The Kier molecular flexibility index (Phi) is 8.19. The summed E-state index contributed by atoms with van der Waals surface area (Å²) in [7, 11) is 0. The van der Waals surface area contributed by atoms with Gasteiger partial charge in [-0.2, -0.15) is 0 Å². The first-order valence-corrected chi connectivity index (χ1v) is 9.66. The average molecular weight is 348 g/mol. The molecule has 0 N–H and O–H groups in total. The van der Waals surface area contributed by atoms with E-state index in [9.17, 15) is 9.59 Å². The summed E-state index contributed by atoms with van der Waals surface area (Å²) in [4.78, 5) is 31.1. The van der Waals surface area contributed by atoms with Crippen LogP contribution in [0.4, 0.5) is 0 Å². The third-order valence-electron chi connectivity index (χ3n) is 5.27. The Labute approximate surface area is 152 Å². The molecule has 0 atom stereocenters. The molecule has 0 spiro atoms. The molecule has 5 nitrogen and oxygen atoms in total. The van der Waals surface area contributed by atoms with Gasteiger partial charge in [0.2, 0.25) is 11.8 Å². The molecular formula is C20H33N3O2. The lowest BCUT2D eigenvalue weighted by Crippen LogP contribution is -2.46. The predicted octanol–water partition coefficient (Wildman–Crippen LogP) is 2.30. The van der Waals surface area contributed by atoms with Gasteiger partial charge >= 0.3 is 0 Å². The first-order valence-electron chi connectivity index (χ1n) is 9.66. The highest BCUT2D eigenvalue weighted by molar-refractivity contribution is 5.80. The molecule has 2 saturated heterocycles. The van der Waals surface area contributed by atoms with Crippen molar-refractivity contribution in [1.29, 1.82) is 0 Å². The van der Waals surface area contributed by atoms with Gasteiger partial charge in [-0.1, -0.05) is 25.0 Å². The highest BCUT2D eigenvalue weighted by atomic mass is 16.2. The fraction of sp³-hybridized carbons (Fsp3) is 0.700. The van der Waals surface area contributed by atoms with Crippen LogP contribution in [0.5, 0.6) is 0 Å². The van der Waals surface area contributed by atoms with Crippen LogP contribution in [-0.4, -0.2) is 72.3 Å². The van der Waals surface area contributed by atoms with E-state index in [1.54, 1.807) is 17.1 Å². The Balaban J connectivity index is 1.78. The first kappa shape index (κ1) is 19.7. The van der Waals surface area contributed by atoms with Crippen molar-refractivity contribution in [2.45, 2.75) is 38.5 Å². The Morgan fingerprint density at radius 3 is 2.00 bits per heavy atom. The van der Waals surface area contributed by atoms with Crippen LogP contribution in [-0.2, 0) is 9.59 Å². The molecule has 25 heavy (non-hydrogen) atoms. The zero-order chi connectivity index (χ0) is 18.1. The Morgan fingerprint density at radius 1 is 0.920 bits per heavy atom. The fourth-order valence-corrected chi connectivity index (χ4v) is 3.77. The van der Waals surface area contributed by atoms with E-state index < -0.39 is 0 Å². The minimum atomic E-state index is 0.108. The molecule has 0 saturated carbocycles. The molecule has 2 fully saturated rings. The van der Waals surface area contributed by atoms with Crippen molar-refractivity contribution in [1.82, 2.24) is 14.7 Å². The van der Waals surface area contributed by atoms with Crippen LogP contribution >= 0.6 is 0 Å². The van der Waals surface area contributed by atoms with E-state index in [0.717, 1.165) is 51.9 Å². The lowest BCUT2D eigenvalue weighted by molar-refractivity contribution is -0.137. The normalized spacial score (nSPS) is 19.9. The van der Waals surface area contributed by atoms with Crippen LogP contribution in [0.3, 0.4) is 0 Å². The number of nitrogens with zero attached hydrogens (tertiary/aromatic N) is 3. The monoisotopic (exact) mass is 347 g/mol. The Bertz CT molecular complexity index is 452. The number of likely N-dealkylation sites (tertiary alicyclic amines) is 2. The van der Waals surface area contributed by atoms with Gasteiger partial charge in [0.05, 0.1) is 6.54 Å². The largest absolute Gasteiger partial charge is 0.342 e. The number of rotatable bonds is 7. The summed E-state index contributed by atoms with van der Waals surface area (Å²) in [6.45, 7) is 12.4. The van der Waals surface area contributed by atoms with E-state index >= 15 is 0 Å². The highest BCUT2D eigenvalue weighted by Crippen LogP contribution is 2.21. The van der Waals surface area contributed by atoms with Gasteiger partial charge in [-0.3, -0.25) is 14.5 Å². The Hall–Kier alpha value is -1.62. The minimum absolute atomic E-state index is 0.108. The van der Waals surface area contributed by atoms with E-state index in [4.69, 9.17) is 0 Å². The van der Waals surface area contributed by atoms with Gasteiger partial charge in [-0.15, -0.1) is 13.2 Å². The summed E-state index contributed by atoms with van der Waals surface area (Å²) in [6.07, 6.45) is 9.99. The summed E-state index contributed by atoms with van der Waals surface area (Å²) in [5, 5.41) is 0. The summed E-state index contributed by atoms with van der Waals surface area (Å²) >= 11 is 0. The van der Waals surface area contributed by atoms with Crippen molar-refractivity contribution < 1.29 is 9.59 Å². The maximum absolute atomic E-state index is 12.7. The summed E-state index contributed by atoms with van der Waals surface area (Å²) in [6, 6.07) is 0. The smallest absolute Gasteiger partial charge is 0.237 e. The molecule has 5 heteroatoms. The number of amides is 2. The molecule has 0 radical (unpaired) electrons. The number of carbonyl (C=O) groups is 2. The predicted molar refractivity (Wildman–Crippen MR) is 101 cm³/mol. The number of piperidine rings is 1. The third kappa shape index (κ3) is 5.99. The quantitative estimate of drug-likeness (QED) is 0.664. The molecule has 0 aromatic heterocycles. The molecule has 0 bridgehead atoms. The maximum Gasteiger partial charge on any atom is 0.237 e. The average Bonchev–Trinajstić information content (AvgIpc) is 2.91. The molecule has 0 aromatic rings. The van der Waals surface area contributed by atoms with Crippen molar-refractivity contribution in [3.8, 4) is 0 Å². The van der Waals surface area contributed by atoms with E-state index in [0.29, 0.717) is 25.5 Å². The zero-order valence-corrected chi connectivity index (χ0v) is 15.5. The molecule has 0 unspecified atom stereocenters. The molecule has 2 aliphatic rings. The molecule has 0 aliphatic carbocycles. The second kappa shape index (κ2) is 10.4. The zero-order valence-electron chi connectivity index (χ0n) is 15.5. The van der Waals surface area contributed by atoms with E-state index in [2.05, 4.69) is 23.0 Å². The molecule has 2 rings (SSSR count). The number of carbonyl (C=O) groups excluding carboxylic acids is 2. The second-order valence-electron chi connectivity index (χ2n) is 7.17. The van der Waals surface area contributed by atoms with Crippen molar-refractivity contribution in [3.05, 3.63) is 25.3 Å². The van der Waals surface area contributed by atoms with Gasteiger partial charge in [0.1, 0.15) is 0 Å². The molecule has 2 amide bonds. The van der Waals surface area contributed by atoms with E-state index in [1.807, 2.05) is 0 Å². The van der Waals surface area contributed by atoms with E-state index in [-0.39, 0.29) is 11.8 Å². The standard InChI is InChI=1S/C20H33N3O2/c1-3-11-22(12-4-2)19(24)17-21-15-9-18(10-16-21)20(25)23-13-7-5-6-8-14-23/h3-4,18H,1-2,5-17H2. The van der Waals surface area contributed by atoms with Crippen LogP contribution < -0.4 is 0 Å². The van der Waals surface area contributed by atoms with Gasteiger partial charge in [-0.05, 0) is 38.8 Å². The van der Waals surface area contributed by atoms with Gasteiger partial charge in [-0.25, -0.2) is 0 Å². The van der Waals surface area contributed by atoms with Gasteiger partial charge in [0.15, 0.2) is 0 Å². The lowest BCUT2D eigenvalue weighted by atomic mass is 9.95. The summed E-state index contributed by atoms with van der Waals surface area (Å²) < 4.78 is 0. The summed E-state index contributed by atoms with van der Waals surface area (Å²) in [5.74, 6) is 0.590. The van der Waals surface area contributed by atoms with Gasteiger partial charge in [0, 0.05) is 32.1 Å². The van der Waals surface area contributed by atoms with Crippen LogP contribution in [0.15, 0.2) is 25.3 Å². The number of hydrogen-bond acceptors (Lipinski definition) is 3. The highest BCUT2D eigenvalue weighted by Gasteiger charge is 2.29. The molecule has 140 valence electrons. The van der Waals surface area contributed by atoms with Crippen LogP contribution in [0.2, 0.25) is 0 Å². The molecule has 2 heterocycles. The first-order chi connectivity index (χ1) is 12.2. The van der Waals surface area contributed by atoms with Crippen molar-refractivity contribution >= 4 is 11.8 Å². The second-order valence-corrected chi connectivity index (χ2v) is 7.17. The third-order valence-corrected chi connectivity index (χ3v) is 5.27. The van der Waals surface area contributed by atoms with Gasteiger partial charge in [0.25, 0.3) is 0 Å². The molecular weight excluding hydrogens is 314 g/mol. The van der Waals surface area contributed by atoms with Crippen molar-refractivity contribution in [2.75, 3.05) is 45.8 Å². The molecule has 0 aromatic carbocycles. The van der Waals surface area contributed by atoms with Crippen molar-refractivity contribution in [2.24, 2.45) is 5.92 Å².